The zero-order valence-electron chi connectivity index (χ0n) is 15.1. The first-order valence-corrected chi connectivity index (χ1v) is 12.0. The molecule has 1 aliphatic heterocycles. The van der Waals surface area contributed by atoms with E-state index >= 15 is 0 Å². The van der Waals surface area contributed by atoms with Gasteiger partial charge < -0.3 is 4.42 Å². The van der Waals surface area contributed by atoms with Crippen molar-refractivity contribution in [2.45, 2.75) is 24.3 Å². The van der Waals surface area contributed by atoms with Crippen LogP contribution in [0.25, 0.3) is 11.5 Å². The van der Waals surface area contributed by atoms with Crippen molar-refractivity contribution in [3.05, 3.63) is 54.3 Å². The predicted octanol–water partition coefficient (Wildman–Crippen LogP) is 2.61. The molecule has 1 atom stereocenters. The van der Waals surface area contributed by atoms with E-state index < -0.39 is 25.9 Å². The van der Waals surface area contributed by atoms with Crippen LogP contribution >= 0.6 is 0 Å². The zero-order valence-corrected chi connectivity index (χ0v) is 16.7. The lowest BCUT2D eigenvalue weighted by molar-refractivity contribution is 0.504. The van der Waals surface area contributed by atoms with Crippen molar-refractivity contribution in [1.29, 1.82) is 0 Å². The maximum Gasteiger partial charge on any atom is 0.263 e. The van der Waals surface area contributed by atoms with E-state index in [0.717, 1.165) is 5.56 Å². The number of benzene rings is 1. The quantitative estimate of drug-likeness (QED) is 0.678. The van der Waals surface area contributed by atoms with Crippen molar-refractivity contribution in [2.24, 2.45) is 0 Å². The van der Waals surface area contributed by atoms with E-state index in [9.17, 15) is 16.8 Å². The molecule has 1 aromatic carbocycles. The number of sulfone groups is 1. The molecule has 0 radical (unpaired) electrons. The van der Waals surface area contributed by atoms with Gasteiger partial charge in [-0.15, -0.1) is 0 Å². The molecule has 3 heterocycles. The topological polar surface area (TPSA) is 111 Å². The molecule has 0 saturated carbocycles. The molecule has 1 N–H and O–H groups in total. The van der Waals surface area contributed by atoms with E-state index in [1.807, 2.05) is 6.92 Å². The Kier molecular flexibility index (Phi) is 4.54. The third kappa shape index (κ3) is 3.69. The van der Waals surface area contributed by atoms with Crippen LogP contribution in [0.2, 0.25) is 0 Å². The number of anilines is 1. The average Bonchev–Trinajstić information content (AvgIpc) is 3.34. The number of hydrogen-bond donors (Lipinski definition) is 1. The third-order valence-electron chi connectivity index (χ3n) is 4.63. The lowest BCUT2D eigenvalue weighted by Gasteiger charge is -2.14. The highest BCUT2D eigenvalue weighted by Crippen LogP contribution is 2.31. The van der Waals surface area contributed by atoms with Crippen LogP contribution in [-0.4, -0.2) is 38.1 Å². The van der Waals surface area contributed by atoms with Gasteiger partial charge in [-0.05, 0) is 37.6 Å². The van der Waals surface area contributed by atoms with Crippen molar-refractivity contribution >= 4 is 25.7 Å². The molecule has 28 heavy (non-hydrogen) atoms. The maximum atomic E-state index is 12.8. The molecule has 1 saturated heterocycles. The first-order chi connectivity index (χ1) is 13.2. The van der Waals surface area contributed by atoms with Crippen molar-refractivity contribution in [3.8, 4) is 11.5 Å². The molecular weight excluding hydrogens is 402 g/mol. The summed E-state index contributed by atoms with van der Waals surface area (Å²) >= 11 is 0. The minimum absolute atomic E-state index is 0.0533. The normalized spacial score (nSPS) is 19.0. The molecule has 8 nitrogen and oxygen atoms in total. The Morgan fingerprint density at radius 3 is 2.57 bits per heavy atom. The van der Waals surface area contributed by atoms with Gasteiger partial charge in [-0.1, -0.05) is 17.7 Å². The number of aryl methyl sites for hydroxylation is 1. The van der Waals surface area contributed by atoms with Crippen LogP contribution < -0.4 is 4.72 Å². The maximum absolute atomic E-state index is 12.8. The highest BCUT2D eigenvalue weighted by atomic mass is 32.2. The first kappa shape index (κ1) is 18.8. The van der Waals surface area contributed by atoms with Crippen LogP contribution in [0.15, 0.2) is 58.0 Å². The molecule has 3 aromatic rings. The molecule has 4 rings (SSSR count). The SMILES string of the molecule is Cc1ccc(S(=O)(=O)Nc2cc(-c3ccco3)nn2[C@H]2CCS(=O)(=O)C2)cc1. The summed E-state index contributed by atoms with van der Waals surface area (Å²) < 4.78 is 58.8. The minimum Gasteiger partial charge on any atom is -0.463 e. The third-order valence-corrected chi connectivity index (χ3v) is 7.75. The number of nitrogens with zero attached hydrogens (tertiary/aromatic N) is 2. The summed E-state index contributed by atoms with van der Waals surface area (Å²) in [5, 5.41) is 4.42. The van der Waals surface area contributed by atoms with Crippen molar-refractivity contribution in [1.82, 2.24) is 9.78 Å². The van der Waals surface area contributed by atoms with Gasteiger partial charge in [0.05, 0.1) is 28.7 Å². The fourth-order valence-corrected chi connectivity index (χ4v) is 5.91. The molecule has 148 valence electrons. The smallest absolute Gasteiger partial charge is 0.263 e. The fourth-order valence-electron chi connectivity index (χ4n) is 3.18. The number of nitrogens with one attached hydrogen (secondary N) is 1. The Bertz CT molecular complexity index is 1190. The van der Waals surface area contributed by atoms with Gasteiger partial charge in [0, 0.05) is 6.07 Å². The van der Waals surface area contributed by atoms with E-state index in [4.69, 9.17) is 4.42 Å². The predicted molar refractivity (Wildman–Crippen MR) is 104 cm³/mol. The van der Waals surface area contributed by atoms with Crippen molar-refractivity contribution in [2.75, 3.05) is 16.2 Å². The second-order valence-corrected chi connectivity index (χ2v) is 10.7. The summed E-state index contributed by atoms with van der Waals surface area (Å²) in [6.07, 6.45) is 1.87. The van der Waals surface area contributed by atoms with Crippen LogP contribution in [0.4, 0.5) is 5.82 Å². The van der Waals surface area contributed by atoms with E-state index in [0.29, 0.717) is 17.9 Å². The van der Waals surface area contributed by atoms with Gasteiger partial charge >= 0.3 is 0 Å². The second kappa shape index (κ2) is 6.78. The molecule has 10 heteroatoms. The van der Waals surface area contributed by atoms with Gasteiger partial charge in [-0.2, -0.15) is 5.10 Å². The van der Waals surface area contributed by atoms with E-state index in [1.165, 1.54) is 23.1 Å². The minimum atomic E-state index is -3.86. The summed E-state index contributed by atoms with van der Waals surface area (Å²) in [7, 11) is -7.02. The van der Waals surface area contributed by atoms with Crippen LogP contribution in [-0.2, 0) is 19.9 Å². The molecule has 0 spiro atoms. The van der Waals surface area contributed by atoms with Crippen LogP contribution in [0.5, 0.6) is 0 Å². The summed E-state index contributed by atoms with van der Waals surface area (Å²) in [5.41, 5.74) is 1.37. The Morgan fingerprint density at radius 2 is 1.96 bits per heavy atom. The molecule has 1 aliphatic rings. The number of furan rings is 1. The van der Waals surface area contributed by atoms with Gasteiger partial charge in [0.25, 0.3) is 10.0 Å². The molecule has 0 aliphatic carbocycles. The van der Waals surface area contributed by atoms with Gasteiger partial charge in [0.1, 0.15) is 11.5 Å². The zero-order chi connectivity index (χ0) is 19.9. The first-order valence-electron chi connectivity index (χ1n) is 8.67. The monoisotopic (exact) mass is 421 g/mol. The Hall–Kier alpha value is -2.59. The van der Waals surface area contributed by atoms with Crippen LogP contribution in [0, 0.1) is 6.92 Å². The second-order valence-electron chi connectivity index (χ2n) is 6.81. The Balaban J connectivity index is 1.73. The number of aromatic nitrogens is 2. The summed E-state index contributed by atoms with van der Waals surface area (Å²) in [4.78, 5) is 0.115. The Labute approximate surface area is 163 Å². The summed E-state index contributed by atoms with van der Waals surface area (Å²) in [6, 6.07) is 11.0. The van der Waals surface area contributed by atoms with E-state index in [2.05, 4.69) is 9.82 Å². The lowest BCUT2D eigenvalue weighted by atomic mass is 10.2. The summed E-state index contributed by atoms with van der Waals surface area (Å²) in [5.74, 6) is 0.646. The summed E-state index contributed by atoms with van der Waals surface area (Å²) in [6.45, 7) is 1.87. The Morgan fingerprint density at radius 1 is 1.21 bits per heavy atom. The van der Waals surface area contributed by atoms with Crippen molar-refractivity contribution < 1.29 is 21.3 Å². The molecule has 0 unspecified atom stereocenters. The largest absolute Gasteiger partial charge is 0.463 e. The number of rotatable bonds is 5. The molecule has 2 aromatic heterocycles. The van der Waals surface area contributed by atoms with Gasteiger partial charge in [0.2, 0.25) is 0 Å². The van der Waals surface area contributed by atoms with Crippen LogP contribution in [0.1, 0.15) is 18.0 Å². The van der Waals surface area contributed by atoms with Crippen LogP contribution in [0.3, 0.4) is 0 Å². The standard InChI is InChI=1S/C18H19N3O5S2/c1-13-4-6-15(7-5-13)28(24,25)20-18-11-16(17-3-2-9-26-17)19-21(18)14-8-10-27(22,23)12-14/h2-7,9,11,14,20H,8,10,12H2,1H3/t14-/m0/s1. The van der Waals surface area contributed by atoms with Gasteiger partial charge in [-0.25, -0.2) is 21.5 Å². The highest BCUT2D eigenvalue weighted by Gasteiger charge is 2.32. The fraction of sp³-hybridized carbons (Fsp3) is 0.278. The average molecular weight is 422 g/mol. The number of sulfonamides is 1. The molecular formula is C18H19N3O5S2. The number of hydrogen-bond acceptors (Lipinski definition) is 6. The lowest BCUT2D eigenvalue weighted by Crippen LogP contribution is -2.20. The molecule has 1 fully saturated rings. The van der Waals surface area contributed by atoms with E-state index in [1.54, 1.807) is 30.3 Å². The van der Waals surface area contributed by atoms with Gasteiger partial charge in [0.15, 0.2) is 15.6 Å². The van der Waals surface area contributed by atoms with Crippen molar-refractivity contribution in [3.63, 3.8) is 0 Å². The molecule has 0 amide bonds. The highest BCUT2D eigenvalue weighted by molar-refractivity contribution is 7.92. The van der Waals surface area contributed by atoms with E-state index in [-0.39, 0.29) is 22.2 Å². The molecule has 0 bridgehead atoms. The van der Waals surface area contributed by atoms with Gasteiger partial charge in [-0.3, -0.25) is 4.72 Å².